The van der Waals surface area contributed by atoms with Gasteiger partial charge in [0.05, 0.1) is 16.1 Å². The van der Waals surface area contributed by atoms with Crippen molar-refractivity contribution in [2.45, 2.75) is 0 Å². The van der Waals surface area contributed by atoms with E-state index in [0.717, 1.165) is 27.6 Å². The highest BCUT2D eigenvalue weighted by Crippen LogP contribution is 2.31. The van der Waals surface area contributed by atoms with Crippen LogP contribution in [-0.2, 0) is 7.05 Å². The maximum atomic E-state index is 13.1. The smallest absolute Gasteiger partial charge is 0.258 e. The van der Waals surface area contributed by atoms with Gasteiger partial charge in [-0.2, -0.15) is 0 Å². The molecule has 0 saturated carbocycles. The number of carbonyl (C=O) groups is 1. The summed E-state index contributed by atoms with van der Waals surface area (Å²) in [6.07, 6.45) is 1.94. The average molecular weight is 353 g/mol. The summed E-state index contributed by atoms with van der Waals surface area (Å²) < 4.78 is 15.1. The summed E-state index contributed by atoms with van der Waals surface area (Å²) in [7, 11) is 1.97. The number of imidazole rings is 1. The van der Waals surface area contributed by atoms with Crippen molar-refractivity contribution in [2.24, 2.45) is 7.05 Å². The van der Waals surface area contributed by atoms with Crippen LogP contribution in [0.1, 0.15) is 16.2 Å². The lowest BCUT2D eigenvalue weighted by atomic mass is 10.2. The minimum Gasteiger partial charge on any atom is -0.328 e. The topological polar surface area (TPSA) is 38.1 Å². The molecule has 1 fully saturated rings. The van der Waals surface area contributed by atoms with E-state index in [1.807, 2.05) is 42.0 Å². The van der Waals surface area contributed by atoms with Crippen molar-refractivity contribution in [1.82, 2.24) is 14.5 Å². The number of para-hydroxylation sites is 2. The molecule has 3 aromatic rings. The lowest BCUT2D eigenvalue weighted by molar-refractivity contribution is 0.0831. The molecule has 25 heavy (non-hydrogen) atoms. The maximum absolute atomic E-state index is 13.1. The van der Waals surface area contributed by atoms with E-state index in [9.17, 15) is 9.18 Å². The summed E-state index contributed by atoms with van der Waals surface area (Å²) in [6, 6.07) is 13.6. The SMILES string of the molecule is Cn1c(/C=C2/SCCN2C(=O)c2ccc(F)cc2)nc2ccccc21. The molecule has 126 valence electrons. The third-order valence-electron chi connectivity index (χ3n) is 4.24. The third kappa shape index (κ3) is 2.93. The van der Waals surface area contributed by atoms with E-state index in [-0.39, 0.29) is 11.7 Å². The minimum atomic E-state index is -0.345. The molecule has 1 aliphatic rings. The summed E-state index contributed by atoms with van der Waals surface area (Å²) in [6.45, 7) is 0.636. The maximum Gasteiger partial charge on any atom is 0.258 e. The quantitative estimate of drug-likeness (QED) is 0.701. The van der Waals surface area contributed by atoms with Crippen molar-refractivity contribution in [3.05, 3.63) is 70.8 Å². The van der Waals surface area contributed by atoms with Crippen LogP contribution >= 0.6 is 11.8 Å². The molecule has 2 aromatic carbocycles. The predicted molar refractivity (Wildman–Crippen MR) is 98.6 cm³/mol. The van der Waals surface area contributed by atoms with Gasteiger partial charge in [0.1, 0.15) is 11.6 Å². The number of halogens is 1. The van der Waals surface area contributed by atoms with E-state index in [2.05, 4.69) is 4.98 Å². The minimum absolute atomic E-state index is 0.116. The van der Waals surface area contributed by atoms with Gasteiger partial charge < -0.3 is 9.47 Å². The van der Waals surface area contributed by atoms with E-state index < -0.39 is 0 Å². The summed E-state index contributed by atoms with van der Waals surface area (Å²) >= 11 is 1.63. The first-order valence-electron chi connectivity index (χ1n) is 7.97. The first-order valence-corrected chi connectivity index (χ1v) is 8.95. The molecule has 1 aliphatic heterocycles. The zero-order valence-corrected chi connectivity index (χ0v) is 14.5. The third-order valence-corrected chi connectivity index (χ3v) is 5.26. The highest BCUT2D eigenvalue weighted by atomic mass is 32.2. The van der Waals surface area contributed by atoms with Crippen molar-refractivity contribution in [3.63, 3.8) is 0 Å². The fourth-order valence-corrected chi connectivity index (χ4v) is 3.90. The van der Waals surface area contributed by atoms with Gasteiger partial charge in [0.2, 0.25) is 0 Å². The van der Waals surface area contributed by atoms with Gasteiger partial charge in [0, 0.05) is 31.0 Å². The van der Waals surface area contributed by atoms with Crippen molar-refractivity contribution in [3.8, 4) is 0 Å². The van der Waals surface area contributed by atoms with E-state index >= 15 is 0 Å². The summed E-state index contributed by atoms with van der Waals surface area (Å²) in [5.41, 5.74) is 2.46. The van der Waals surface area contributed by atoms with Gasteiger partial charge in [-0.3, -0.25) is 4.79 Å². The van der Waals surface area contributed by atoms with Crippen LogP contribution in [0.15, 0.2) is 53.6 Å². The first-order chi connectivity index (χ1) is 12.1. The number of nitrogens with zero attached hydrogens (tertiary/aromatic N) is 3. The Morgan fingerprint density at radius 3 is 2.72 bits per heavy atom. The molecule has 0 spiro atoms. The van der Waals surface area contributed by atoms with Crippen molar-refractivity contribution < 1.29 is 9.18 Å². The van der Waals surface area contributed by atoms with Crippen LogP contribution < -0.4 is 0 Å². The second-order valence-corrected chi connectivity index (χ2v) is 6.93. The number of thioether (sulfide) groups is 1. The van der Waals surface area contributed by atoms with Crippen LogP contribution in [0, 0.1) is 5.82 Å². The Hall–Kier alpha value is -2.60. The lowest BCUT2D eigenvalue weighted by Crippen LogP contribution is -2.26. The summed E-state index contributed by atoms with van der Waals surface area (Å²) in [5.74, 6) is 1.18. The molecule has 1 saturated heterocycles. The molecule has 2 heterocycles. The monoisotopic (exact) mass is 353 g/mol. The number of hydrogen-bond donors (Lipinski definition) is 0. The second kappa shape index (κ2) is 6.37. The van der Waals surface area contributed by atoms with Gasteiger partial charge >= 0.3 is 0 Å². The second-order valence-electron chi connectivity index (χ2n) is 5.81. The number of hydrogen-bond acceptors (Lipinski definition) is 3. The average Bonchev–Trinajstić information content (AvgIpc) is 3.21. The Balaban J connectivity index is 1.68. The van der Waals surface area contributed by atoms with Crippen molar-refractivity contribution in [1.29, 1.82) is 0 Å². The molecule has 4 nitrogen and oxygen atoms in total. The molecular weight excluding hydrogens is 337 g/mol. The van der Waals surface area contributed by atoms with E-state index in [1.54, 1.807) is 16.7 Å². The predicted octanol–water partition coefficient (Wildman–Crippen LogP) is 3.90. The van der Waals surface area contributed by atoms with Gasteiger partial charge in [-0.05, 0) is 36.4 Å². The van der Waals surface area contributed by atoms with Crippen LogP contribution in [0.2, 0.25) is 0 Å². The molecule has 6 heteroatoms. The van der Waals surface area contributed by atoms with Gasteiger partial charge in [0.15, 0.2) is 0 Å². The zero-order chi connectivity index (χ0) is 17.4. The van der Waals surface area contributed by atoms with Crippen LogP contribution in [0.25, 0.3) is 17.1 Å². The number of aromatic nitrogens is 2. The molecule has 0 bridgehead atoms. The Bertz CT molecular complexity index is 978. The van der Waals surface area contributed by atoms with Gasteiger partial charge in [-0.25, -0.2) is 9.37 Å². The van der Waals surface area contributed by atoms with E-state index in [4.69, 9.17) is 0 Å². The largest absolute Gasteiger partial charge is 0.328 e. The lowest BCUT2D eigenvalue weighted by Gasteiger charge is -2.17. The highest BCUT2D eigenvalue weighted by molar-refractivity contribution is 8.03. The number of fused-ring (bicyclic) bond motifs is 1. The summed E-state index contributed by atoms with van der Waals surface area (Å²) in [4.78, 5) is 19.1. The first kappa shape index (κ1) is 15.9. The molecule has 0 radical (unpaired) electrons. The van der Waals surface area contributed by atoms with Crippen LogP contribution in [0.4, 0.5) is 4.39 Å². The Kier molecular flexibility index (Phi) is 4.05. The molecule has 4 rings (SSSR count). The van der Waals surface area contributed by atoms with E-state index in [0.29, 0.717) is 12.1 Å². The van der Waals surface area contributed by atoms with Crippen molar-refractivity contribution >= 4 is 34.8 Å². The Labute approximate surface area is 149 Å². The number of aryl methyl sites for hydroxylation is 1. The molecule has 1 amide bonds. The number of rotatable bonds is 2. The Morgan fingerprint density at radius 1 is 1.20 bits per heavy atom. The summed E-state index contributed by atoms with van der Waals surface area (Å²) in [5, 5.41) is 0.868. The Morgan fingerprint density at radius 2 is 1.96 bits per heavy atom. The standard InChI is InChI=1S/C19H16FN3OS/c1-22-16-5-3-2-4-15(16)21-17(22)12-18-23(10-11-25-18)19(24)13-6-8-14(20)9-7-13/h2-9,12H,10-11H2,1H3/b18-12+. The number of amides is 1. The molecule has 0 aliphatic carbocycles. The van der Waals surface area contributed by atoms with Crippen LogP contribution in [0.5, 0.6) is 0 Å². The van der Waals surface area contributed by atoms with Gasteiger partial charge in [-0.1, -0.05) is 12.1 Å². The van der Waals surface area contributed by atoms with Crippen LogP contribution in [0.3, 0.4) is 0 Å². The molecular formula is C19H16FN3OS. The fraction of sp³-hybridized carbons (Fsp3) is 0.158. The van der Waals surface area contributed by atoms with Crippen LogP contribution in [-0.4, -0.2) is 32.7 Å². The van der Waals surface area contributed by atoms with E-state index in [1.165, 1.54) is 24.3 Å². The van der Waals surface area contributed by atoms with Gasteiger partial charge in [-0.15, -0.1) is 11.8 Å². The number of carbonyl (C=O) groups excluding carboxylic acids is 1. The molecule has 0 atom stereocenters. The molecule has 0 unspecified atom stereocenters. The fourth-order valence-electron chi connectivity index (χ4n) is 2.90. The van der Waals surface area contributed by atoms with Gasteiger partial charge in [0.25, 0.3) is 5.91 Å². The highest BCUT2D eigenvalue weighted by Gasteiger charge is 2.25. The number of benzene rings is 2. The van der Waals surface area contributed by atoms with Crippen molar-refractivity contribution in [2.75, 3.05) is 12.3 Å². The zero-order valence-electron chi connectivity index (χ0n) is 13.6. The molecule has 0 N–H and O–H groups in total. The molecule has 1 aromatic heterocycles. The normalized spacial score (nSPS) is 16.1.